The maximum atomic E-state index is 13.4. The first-order valence-corrected chi connectivity index (χ1v) is 12.2. The van der Waals surface area contributed by atoms with Crippen LogP contribution in [0.2, 0.25) is 0 Å². The van der Waals surface area contributed by atoms with Gasteiger partial charge in [-0.05, 0) is 60.4 Å². The summed E-state index contributed by atoms with van der Waals surface area (Å²) < 4.78 is 10.6. The number of aryl methyl sites for hydroxylation is 1. The summed E-state index contributed by atoms with van der Waals surface area (Å²) in [7, 11) is 3.19. The third-order valence-corrected chi connectivity index (χ3v) is 6.87. The molecule has 0 spiro atoms. The number of hydrogen-bond donors (Lipinski definition) is 1. The van der Waals surface area contributed by atoms with Crippen LogP contribution in [-0.4, -0.2) is 39.1 Å². The molecule has 0 aliphatic carbocycles. The van der Waals surface area contributed by atoms with Gasteiger partial charge in [0.05, 0.1) is 24.8 Å². The van der Waals surface area contributed by atoms with E-state index in [-0.39, 0.29) is 18.4 Å². The van der Waals surface area contributed by atoms with Gasteiger partial charge in [-0.25, -0.2) is 0 Å². The minimum atomic E-state index is -0.212. The van der Waals surface area contributed by atoms with Crippen LogP contribution < -0.4 is 19.7 Å². The Morgan fingerprint density at radius 2 is 1.74 bits per heavy atom. The number of hydrogen-bond acceptors (Lipinski definition) is 5. The molecule has 3 aromatic carbocycles. The largest absolute Gasteiger partial charge is 0.493 e. The number of thioether (sulfide) groups is 1. The summed E-state index contributed by atoms with van der Waals surface area (Å²) in [6.07, 6.45) is 2.53. The number of methoxy groups -OCH3 is 2. The van der Waals surface area contributed by atoms with Gasteiger partial charge in [0, 0.05) is 11.4 Å². The molecule has 7 heteroatoms. The summed E-state index contributed by atoms with van der Waals surface area (Å²) in [4.78, 5) is 29.3. The van der Waals surface area contributed by atoms with E-state index >= 15 is 0 Å². The lowest BCUT2D eigenvalue weighted by Crippen LogP contribution is -2.43. The number of carbonyl (C=O) groups excluding carboxylic acids is 2. The predicted octanol–water partition coefficient (Wildman–Crippen LogP) is 4.85. The molecule has 0 aromatic heterocycles. The molecule has 0 radical (unpaired) electrons. The quantitative estimate of drug-likeness (QED) is 0.459. The third kappa shape index (κ3) is 5.69. The van der Waals surface area contributed by atoms with Crippen molar-refractivity contribution in [3.63, 3.8) is 0 Å². The van der Waals surface area contributed by atoms with Gasteiger partial charge < -0.3 is 14.8 Å². The highest BCUT2D eigenvalue weighted by molar-refractivity contribution is 8.04. The Bertz CT molecular complexity index is 1270. The number of ether oxygens (including phenoxy) is 2. The van der Waals surface area contributed by atoms with Gasteiger partial charge in [-0.3, -0.25) is 14.5 Å². The van der Waals surface area contributed by atoms with Crippen LogP contribution in [0.15, 0.2) is 76.5 Å². The zero-order chi connectivity index (χ0) is 24.8. The number of carbonyl (C=O) groups is 2. The van der Waals surface area contributed by atoms with Gasteiger partial charge in [-0.1, -0.05) is 54.2 Å². The van der Waals surface area contributed by atoms with Crippen molar-refractivity contribution < 1.29 is 19.1 Å². The molecule has 35 heavy (non-hydrogen) atoms. The SMILES string of the molecule is COc1ccc(CCNC(=O)CN2C(=O)C(=Cc3ccccc3C)Sc3ccccc32)cc1OC. The number of nitrogens with zero attached hydrogens (tertiary/aromatic N) is 1. The van der Waals surface area contributed by atoms with Gasteiger partial charge in [-0.2, -0.15) is 0 Å². The average molecular weight is 489 g/mol. The van der Waals surface area contributed by atoms with Gasteiger partial charge in [0.25, 0.3) is 5.91 Å². The van der Waals surface area contributed by atoms with Crippen molar-refractivity contribution in [3.8, 4) is 11.5 Å². The molecule has 6 nitrogen and oxygen atoms in total. The summed E-state index contributed by atoms with van der Waals surface area (Å²) in [6, 6.07) is 21.3. The fraction of sp³-hybridized carbons (Fsp3) is 0.214. The van der Waals surface area contributed by atoms with E-state index in [1.165, 1.54) is 11.8 Å². The molecule has 1 aliphatic heterocycles. The van der Waals surface area contributed by atoms with E-state index in [4.69, 9.17) is 9.47 Å². The Kier molecular flexibility index (Phi) is 7.77. The Labute approximate surface area is 209 Å². The normalized spacial score (nSPS) is 14.0. The molecule has 3 aromatic rings. The van der Waals surface area contributed by atoms with Crippen molar-refractivity contribution in [1.82, 2.24) is 5.32 Å². The zero-order valence-electron chi connectivity index (χ0n) is 20.0. The number of anilines is 1. The molecule has 0 saturated heterocycles. The second-order valence-corrected chi connectivity index (χ2v) is 9.20. The Morgan fingerprint density at radius 3 is 2.51 bits per heavy atom. The van der Waals surface area contributed by atoms with Crippen molar-refractivity contribution in [3.05, 3.63) is 88.3 Å². The lowest BCUT2D eigenvalue weighted by Gasteiger charge is -2.30. The fourth-order valence-electron chi connectivity index (χ4n) is 3.89. The monoisotopic (exact) mass is 488 g/mol. The molecule has 180 valence electrons. The molecule has 1 N–H and O–H groups in total. The molecule has 0 fully saturated rings. The second-order valence-electron chi connectivity index (χ2n) is 8.12. The van der Waals surface area contributed by atoms with Crippen molar-refractivity contribution >= 4 is 35.3 Å². The molecule has 1 heterocycles. The number of rotatable bonds is 8. The lowest BCUT2D eigenvalue weighted by molar-refractivity contribution is -0.122. The summed E-state index contributed by atoms with van der Waals surface area (Å²) >= 11 is 1.44. The van der Waals surface area contributed by atoms with Crippen LogP contribution in [0.25, 0.3) is 6.08 Å². The topological polar surface area (TPSA) is 67.9 Å². The molecule has 1 aliphatic rings. The van der Waals surface area contributed by atoms with Crippen LogP contribution in [0.5, 0.6) is 11.5 Å². The van der Waals surface area contributed by atoms with Gasteiger partial charge >= 0.3 is 0 Å². The van der Waals surface area contributed by atoms with Gasteiger partial charge in [0.2, 0.25) is 5.91 Å². The van der Waals surface area contributed by atoms with E-state index in [2.05, 4.69) is 5.32 Å². The van der Waals surface area contributed by atoms with Gasteiger partial charge in [0.15, 0.2) is 11.5 Å². The van der Waals surface area contributed by atoms with E-state index in [9.17, 15) is 9.59 Å². The van der Waals surface area contributed by atoms with Crippen molar-refractivity contribution in [2.75, 3.05) is 32.2 Å². The van der Waals surface area contributed by atoms with Crippen LogP contribution in [0.1, 0.15) is 16.7 Å². The third-order valence-electron chi connectivity index (χ3n) is 5.79. The van der Waals surface area contributed by atoms with Gasteiger partial charge in [-0.15, -0.1) is 0 Å². The molecule has 0 unspecified atom stereocenters. The highest BCUT2D eigenvalue weighted by atomic mass is 32.2. The first-order chi connectivity index (χ1) is 17.0. The first-order valence-electron chi connectivity index (χ1n) is 11.3. The highest BCUT2D eigenvalue weighted by Crippen LogP contribution is 2.42. The minimum Gasteiger partial charge on any atom is -0.493 e. The number of fused-ring (bicyclic) bond motifs is 1. The summed E-state index contributed by atoms with van der Waals surface area (Å²) in [5.41, 5.74) is 3.84. The summed E-state index contributed by atoms with van der Waals surface area (Å²) in [6.45, 7) is 2.41. The maximum Gasteiger partial charge on any atom is 0.265 e. The summed E-state index contributed by atoms with van der Waals surface area (Å²) in [5, 5.41) is 2.94. The second kappa shape index (κ2) is 11.1. The van der Waals surface area contributed by atoms with E-state index in [1.807, 2.05) is 79.7 Å². The first kappa shape index (κ1) is 24.4. The van der Waals surface area contributed by atoms with Crippen LogP contribution in [0.4, 0.5) is 5.69 Å². The predicted molar refractivity (Wildman–Crippen MR) is 140 cm³/mol. The van der Waals surface area contributed by atoms with Crippen LogP contribution in [0, 0.1) is 6.92 Å². The Balaban J connectivity index is 1.46. The van der Waals surface area contributed by atoms with Crippen molar-refractivity contribution in [2.24, 2.45) is 0 Å². The van der Waals surface area contributed by atoms with Gasteiger partial charge in [0.1, 0.15) is 6.54 Å². The molecule has 4 rings (SSSR count). The molecular weight excluding hydrogens is 460 g/mol. The number of para-hydroxylation sites is 1. The summed E-state index contributed by atoms with van der Waals surface area (Å²) in [5.74, 6) is 0.926. The molecule has 0 bridgehead atoms. The zero-order valence-corrected chi connectivity index (χ0v) is 20.9. The molecule has 0 atom stereocenters. The lowest BCUT2D eigenvalue weighted by atomic mass is 10.1. The number of amides is 2. The molecule has 0 saturated carbocycles. The van der Waals surface area contributed by atoms with Crippen LogP contribution in [0.3, 0.4) is 0 Å². The highest BCUT2D eigenvalue weighted by Gasteiger charge is 2.30. The van der Waals surface area contributed by atoms with Crippen LogP contribution >= 0.6 is 11.8 Å². The number of benzene rings is 3. The average Bonchev–Trinajstić information content (AvgIpc) is 2.87. The minimum absolute atomic E-state index is 0.0482. The molecular formula is C28H28N2O4S. The van der Waals surface area contributed by atoms with Crippen molar-refractivity contribution in [1.29, 1.82) is 0 Å². The Hall–Kier alpha value is -3.71. The van der Waals surface area contributed by atoms with Crippen LogP contribution in [-0.2, 0) is 16.0 Å². The van der Waals surface area contributed by atoms with Crippen molar-refractivity contribution in [2.45, 2.75) is 18.2 Å². The smallest absolute Gasteiger partial charge is 0.265 e. The van der Waals surface area contributed by atoms with E-state index in [0.29, 0.717) is 29.4 Å². The van der Waals surface area contributed by atoms with E-state index in [1.54, 1.807) is 19.1 Å². The number of nitrogens with one attached hydrogen (secondary N) is 1. The standard InChI is InChI=1S/C28H28N2O4S/c1-19-8-4-5-9-21(19)17-26-28(32)30(22-10-6-7-11-25(22)35-26)18-27(31)29-15-14-20-12-13-23(33-2)24(16-20)34-3/h4-13,16-17H,14-15,18H2,1-3H3,(H,29,31). The maximum absolute atomic E-state index is 13.4. The van der Waals surface area contributed by atoms with E-state index < -0.39 is 0 Å². The molecule has 2 amide bonds. The van der Waals surface area contributed by atoms with E-state index in [0.717, 1.165) is 27.3 Å². The Morgan fingerprint density at radius 1 is 1.00 bits per heavy atom. The fourth-order valence-corrected chi connectivity index (χ4v) is 4.94.